The SMILES string of the molecule is Fc1ccc(-c2ccc3c(N4CCc5cc(Cl)ccc54)nc(-c4cccnc4)nc3c2)cc1. The molecule has 3 heterocycles. The number of rotatable bonds is 3. The van der Waals surface area contributed by atoms with Crippen LogP contribution in [0, 0.1) is 5.82 Å². The quantitative estimate of drug-likeness (QED) is 0.300. The van der Waals surface area contributed by atoms with E-state index in [9.17, 15) is 4.39 Å². The van der Waals surface area contributed by atoms with E-state index in [0.717, 1.165) is 57.1 Å². The Balaban J connectivity index is 1.56. The van der Waals surface area contributed by atoms with Crippen molar-refractivity contribution in [1.29, 1.82) is 0 Å². The molecule has 0 N–H and O–H groups in total. The van der Waals surface area contributed by atoms with Gasteiger partial charge in [-0.1, -0.05) is 29.8 Å². The van der Waals surface area contributed by atoms with E-state index in [-0.39, 0.29) is 5.82 Å². The average Bonchev–Trinajstić information content (AvgIpc) is 3.27. The van der Waals surface area contributed by atoms with Crippen molar-refractivity contribution in [2.75, 3.05) is 11.4 Å². The first kappa shape index (κ1) is 19.8. The summed E-state index contributed by atoms with van der Waals surface area (Å²) in [6.07, 6.45) is 4.41. The van der Waals surface area contributed by atoms with Crippen molar-refractivity contribution in [1.82, 2.24) is 15.0 Å². The number of pyridine rings is 1. The van der Waals surface area contributed by atoms with Gasteiger partial charge in [-0.15, -0.1) is 0 Å². The smallest absolute Gasteiger partial charge is 0.163 e. The summed E-state index contributed by atoms with van der Waals surface area (Å²) in [6.45, 7) is 0.813. The second-order valence-electron chi connectivity index (χ2n) is 8.03. The maximum atomic E-state index is 13.4. The van der Waals surface area contributed by atoms with E-state index in [1.807, 2.05) is 42.5 Å². The summed E-state index contributed by atoms with van der Waals surface area (Å²) in [6, 6.07) is 22.4. The highest BCUT2D eigenvalue weighted by atomic mass is 35.5. The summed E-state index contributed by atoms with van der Waals surface area (Å²) in [5.74, 6) is 1.21. The lowest BCUT2D eigenvalue weighted by Gasteiger charge is -2.21. The fourth-order valence-electron chi connectivity index (χ4n) is 4.35. The number of halogens is 2. The fraction of sp³-hybridized carbons (Fsp3) is 0.0741. The first-order valence-corrected chi connectivity index (χ1v) is 11.1. The van der Waals surface area contributed by atoms with Crippen molar-refractivity contribution < 1.29 is 4.39 Å². The predicted octanol–water partition coefficient (Wildman–Crippen LogP) is 6.85. The molecule has 160 valence electrons. The lowest BCUT2D eigenvalue weighted by molar-refractivity contribution is 0.628. The van der Waals surface area contributed by atoms with Crippen LogP contribution in [0.15, 0.2) is 85.2 Å². The molecule has 0 amide bonds. The van der Waals surface area contributed by atoms with Gasteiger partial charge < -0.3 is 4.90 Å². The minimum Gasteiger partial charge on any atom is -0.325 e. The second-order valence-corrected chi connectivity index (χ2v) is 8.46. The van der Waals surface area contributed by atoms with Crippen LogP contribution in [0.4, 0.5) is 15.9 Å². The summed E-state index contributed by atoms with van der Waals surface area (Å²) < 4.78 is 13.4. The molecule has 3 aromatic carbocycles. The van der Waals surface area contributed by atoms with Gasteiger partial charge in [0.05, 0.1) is 5.52 Å². The van der Waals surface area contributed by atoms with Crippen molar-refractivity contribution in [2.24, 2.45) is 0 Å². The van der Waals surface area contributed by atoms with Crippen molar-refractivity contribution in [3.05, 3.63) is 102 Å². The largest absolute Gasteiger partial charge is 0.325 e. The number of anilines is 2. The van der Waals surface area contributed by atoms with Gasteiger partial charge in [-0.25, -0.2) is 14.4 Å². The highest BCUT2D eigenvalue weighted by molar-refractivity contribution is 6.30. The first-order chi connectivity index (χ1) is 16.2. The zero-order valence-corrected chi connectivity index (χ0v) is 18.3. The van der Waals surface area contributed by atoms with Gasteiger partial charge in [-0.2, -0.15) is 0 Å². The van der Waals surface area contributed by atoms with Gasteiger partial charge in [0.25, 0.3) is 0 Å². The van der Waals surface area contributed by atoms with Crippen LogP contribution in [-0.2, 0) is 6.42 Å². The maximum absolute atomic E-state index is 13.4. The Bertz CT molecular complexity index is 1490. The molecule has 0 saturated heterocycles. The van der Waals surface area contributed by atoms with Gasteiger partial charge >= 0.3 is 0 Å². The number of hydrogen-bond acceptors (Lipinski definition) is 4. The number of fused-ring (bicyclic) bond motifs is 2. The molecule has 0 atom stereocenters. The highest BCUT2D eigenvalue weighted by Crippen LogP contribution is 2.39. The van der Waals surface area contributed by atoms with Crippen LogP contribution >= 0.6 is 11.6 Å². The van der Waals surface area contributed by atoms with E-state index in [4.69, 9.17) is 21.6 Å². The van der Waals surface area contributed by atoms with Crippen LogP contribution in [0.25, 0.3) is 33.4 Å². The third-order valence-electron chi connectivity index (χ3n) is 5.97. The predicted molar refractivity (Wildman–Crippen MR) is 130 cm³/mol. The first-order valence-electron chi connectivity index (χ1n) is 10.7. The van der Waals surface area contributed by atoms with Crippen molar-refractivity contribution >= 4 is 34.0 Å². The van der Waals surface area contributed by atoms with Crippen molar-refractivity contribution in [2.45, 2.75) is 6.42 Å². The van der Waals surface area contributed by atoms with E-state index in [1.54, 1.807) is 24.5 Å². The van der Waals surface area contributed by atoms with E-state index >= 15 is 0 Å². The monoisotopic (exact) mass is 452 g/mol. The van der Waals surface area contributed by atoms with Crippen LogP contribution in [0.1, 0.15) is 5.56 Å². The lowest BCUT2D eigenvalue weighted by Crippen LogP contribution is -2.16. The molecule has 0 saturated carbocycles. The second kappa shape index (κ2) is 7.94. The average molecular weight is 453 g/mol. The topological polar surface area (TPSA) is 41.9 Å². The molecular weight excluding hydrogens is 435 g/mol. The molecule has 4 nitrogen and oxygen atoms in total. The molecule has 1 aliphatic rings. The highest BCUT2D eigenvalue weighted by Gasteiger charge is 2.24. The standard InChI is InChI=1S/C27H18ClFN4/c28-21-6-10-25-19(14-21)11-13-33(25)27-23-9-5-18(17-3-7-22(29)8-4-17)15-24(23)31-26(32-27)20-2-1-12-30-16-20/h1-10,12,14-16H,11,13H2. The number of hydrogen-bond donors (Lipinski definition) is 0. The Hall–Kier alpha value is -3.83. The Morgan fingerprint density at radius 3 is 2.52 bits per heavy atom. The zero-order valence-electron chi connectivity index (χ0n) is 17.5. The normalized spacial score (nSPS) is 12.8. The van der Waals surface area contributed by atoms with Gasteiger partial charge in [0.15, 0.2) is 5.82 Å². The maximum Gasteiger partial charge on any atom is 0.163 e. The molecule has 6 rings (SSSR count). The lowest BCUT2D eigenvalue weighted by atomic mass is 10.0. The molecule has 0 radical (unpaired) electrons. The Morgan fingerprint density at radius 1 is 0.848 bits per heavy atom. The number of benzene rings is 3. The van der Waals surface area contributed by atoms with Gasteiger partial charge in [0.2, 0.25) is 0 Å². The molecule has 33 heavy (non-hydrogen) atoms. The summed E-state index contributed by atoms with van der Waals surface area (Å²) in [5.41, 5.74) is 5.89. The molecule has 5 aromatic rings. The zero-order chi connectivity index (χ0) is 22.4. The van der Waals surface area contributed by atoms with E-state index in [1.165, 1.54) is 17.7 Å². The molecule has 1 aliphatic heterocycles. The molecule has 0 fully saturated rings. The minimum absolute atomic E-state index is 0.254. The summed E-state index contributed by atoms with van der Waals surface area (Å²) in [5, 5.41) is 1.69. The molecular formula is C27H18ClFN4. The third kappa shape index (κ3) is 3.60. The van der Waals surface area contributed by atoms with Crippen LogP contribution < -0.4 is 4.90 Å². The van der Waals surface area contributed by atoms with Crippen LogP contribution in [-0.4, -0.2) is 21.5 Å². The van der Waals surface area contributed by atoms with Gasteiger partial charge in [0, 0.05) is 40.6 Å². The van der Waals surface area contributed by atoms with E-state index in [2.05, 4.69) is 16.0 Å². The molecule has 0 unspecified atom stereocenters. The summed E-state index contributed by atoms with van der Waals surface area (Å²) >= 11 is 6.23. The van der Waals surface area contributed by atoms with Crippen LogP contribution in [0.5, 0.6) is 0 Å². The fourth-order valence-corrected chi connectivity index (χ4v) is 4.55. The van der Waals surface area contributed by atoms with Crippen LogP contribution in [0.2, 0.25) is 5.02 Å². The summed E-state index contributed by atoms with van der Waals surface area (Å²) in [4.78, 5) is 16.3. The minimum atomic E-state index is -0.254. The van der Waals surface area contributed by atoms with Crippen molar-refractivity contribution in [3.8, 4) is 22.5 Å². The van der Waals surface area contributed by atoms with E-state index < -0.39 is 0 Å². The Labute approximate surface area is 195 Å². The Kier molecular flexibility index (Phi) is 4.77. The van der Waals surface area contributed by atoms with Gasteiger partial charge in [-0.3, -0.25) is 4.98 Å². The van der Waals surface area contributed by atoms with Crippen LogP contribution in [0.3, 0.4) is 0 Å². The van der Waals surface area contributed by atoms with E-state index in [0.29, 0.717) is 5.82 Å². The summed E-state index contributed by atoms with van der Waals surface area (Å²) in [7, 11) is 0. The third-order valence-corrected chi connectivity index (χ3v) is 6.20. The van der Waals surface area contributed by atoms with Gasteiger partial charge in [0.1, 0.15) is 11.6 Å². The molecule has 0 bridgehead atoms. The number of aromatic nitrogens is 3. The molecule has 2 aromatic heterocycles. The number of nitrogens with zero attached hydrogens (tertiary/aromatic N) is 4. The Morgan fingerprint density at radius 2 is 1.70 bits per heavy atom. The molecule has 0 spiro atoms. The molecule has 6 heteroatoms. The van der Waals surface area contributed by atoms with Crippen molar-refractivity contribution in [3.63, 3.8) is 0 Å². The molecule has 0 aliphatic carbocycles. The van der Waals surface area contributed by atoms with Gasteiger partial charge in [-0.05, 0) is 77.7 Å².